The molecule has 7 nitrogen and oxygen atoms in total. The number of anilines is 1. The highest BCUT2D eigenvalue weighted by molar-refractivity contribution is 5.95. The molecule has 1 aliphatic heterocycles. The summed E-state index contributed by atoms with van der Waals surface area (Å²) in [6, 6.07) is 5.86. The zero-order valence-electron chi connectivity index (χ0n) is 13.1. The number of hydrogen-bond donors (Lipinski definition) is 0. The maximum atomic E-state index is 13.5. The van der Waals surface area contributed by atoms with E-state index in [1.54, 1.807) is 6.07 Å². The van der Waals surface area contributed by atoms with Gasteiger partial charge in [-0.05, 0) is 18.2 Å². The van der Waals surface area contributed by atoms with E-state index in [2.05, 4.69) is 10.1 Å². The standard InChI is InChI=1S/C17H14FN3O4/c18-12-1-2-14-13(9-12)21(6-8-24-14)16(22)4-3-15-19-17(20-25-15)11-5-7-23-10-11/h1-2,5,7,9-10H,3-4,6,8H2. The number of furan rings is 1. The van der Waals surface area contributed by atoms with Gasteiger partial charge in [-0.1, -0.05) is 5.16 Å². The Morgan fingerprint density at radius 3 is 3.08 bits per heavy atom. The molecular weight excluding hydrogens is 329 g/mol. The number of benzene rings is 1. The van der Waals surface area contributed by atoms with Crippen LogP contribution in [0.25, 0.3) is 11.4 Å². The van der Waals surface area contributed by atoms with Gasteiger partial charge in [0.2, 0.25) is 17.6 Å². The number of halogens is 1. The minimum absolute atomic E-state index is 0.154. The smallest absolute Gasteiger partial charge is 0.227 e. The van der Waals surface area contributed by atoms with Crippen LogP contribution in [0, 0.1) is 5.82 Å². The largest absolute Gasteiger partial charge is 0.490 e. The zero-order valence-corrected chi connectivity index (χ0v) is 13.1. The number of nitrogens with zero attached hydrogens (tertiary/aromatic N) is 3. The summed E-state index contributed by atoms with van der Waals surface area (Å²) >= 11 is 0. The molecule has 128 valence electrons. The number of hydrogen-bond acceptors (Lipinski definition) is 6. The van der Waals surface area contributed by atoms with Gasteiger partial charge in [0.15, 0.2) is 0 Å². The summed E-state index contributed by atoms with van der Waals surface area (Å²) in [5, 5.41) is 3.86. The van der Waals surface area contributed by atoms with E-state index in [1.165, 1.54) is 35.6 Å². The highest BCUT2D eigenvalue weighted by atomic mass is 19.1. The Hall–Kier alpha value is -3.16. The van der Waals surface area contributed by atoms with E-state index in [-0.39, 0.29) is 12.3 Å². The molecule has 0 N–H and O–H groups in total. The van der Waals surface area contributed by atoms with E-state index in [0.29, 0.717) is 48.3 Å². The van der Waals surface area contributed by atoms with Crippen LogP contribution in [0.5, 0.6) is 5.75 Å². The van der Waals surface area contributed by atoms with Crippen molar-refractivity contribution < 1.29 is 22.9 Å². The minimum atomic E-state index is -0.413. The fourth-order valence-electron chi connectivity index (χ4n) is 2.66. The van der Waals surface area contributed by atoms with Crippen molar-refractivity contribution in [1.82, 2.24) is 10.1 Å². The summed E-state index contributed by atoms with van der Waals surface area (Å²) < 4.78 is 29.1. The molecule has 0 saturated carbocycles. The molecule has 1 amide bonds. The van der Waals surface area contributed by atoms with Crippen LogP contribution in [-0.2, 0) is 11.2 Å². The zero-order chi connectivity index (χ0) is 17.2. The van der Waals surface area contributed by atoms with Crippen LogP contribution >= 0.6 is 0 Å². The topological polar surface area (TPSA) is 81.6 Å². The summed E-state index contributed by atoms with van der Waals surface area (Å²) in [6.07, 6.45) is 3.50. The maximum absolute atomic E-state index is 13.5. The Morgan fingerprint density at radius 2 is 2.24 bits per heavy atom. The van der Waals surface area contributed by atoms with E-state index in [9.17, 15) is 9.18 Å². The number of aromatic nitrogens is 2. The number of ether oxygens (including phenoxy) is 1. The van der Waals surface area contributed by atoms with Crippen molar-refractivity contribution in [2.45, 2.75) is 12.8 Å². The van der Waals surface area contributed by atoms with Crippen molar-refractivity contribution in [3.8, 4) is 17.1 Å². The number of fused-ring (bicyclic) bond motifs is 1. The van der Waals surface area contributed by atoms with Crippen molar-refractivity contribution in [3.63, 3.8) is 0 Å². The Morgan fingerprint density at radius 1 is 1.32 bits per heavy atom. The molecular formula is C17H14FN3O4. The number of rotatable bonds is 4. The minimum Gasteiger partial charge on any atom is -0.490 e. The molecule has 0 fully saturated rings. The Bertz CT molecular complexity index is 891. The van der Waals surface area contributed by atoms with Gasteiger partial charge in [0.25, 0.3) is 0 Å². The van der Waals surface area contributed by atoms with Crippen LogP contribution in [0.15, 0.2) is 45.7 Å². The molecule has 2 aromatic heterocycles. The Balaban J connectivity index is 1.44. The molecule has 4 rings (SSSR count). The molecule has 1 aliphatic rings. The lowest BCUT2D eigenvalue weighted by molar-refractivity contribution is -0.118. The summed E-state index contributed by atoms with van der Waals surface area (Å²) in [6.45, 7) is 0.745. The first-order chi connectivity index (χ1) is 12.2. The lowest BCUT2D eigenvalue weighted by Gasteiger charge is -2.29. The summed E-state index contributed by atoms with van der Waals surface area (Å²) in [5.41, 5.74) is 1.15. The lowest BCUT2D eigenvalue weighted by atomic mass is 10.2. The normalized spacial score (nSPS) is 13.4. The third-order valence-corrected chi connectivity index (χ3v) is 3.89. The van der Waals surface area contributed by atoms with Crippen LogP contribution in [0.3, 0.4) is 0 Å². The van der Waals surface area contributed by atoms with Crippen LogP contribution in [0.2, 0.25) is 0 Å². The maximum Gasteiger partial charge on any atom is 0.227 e. The summed E-state index contributed by atoms with van der Waals surface area (Å²) in [5.74, 6) is 0.704. The van der Waals surface area contributed by atoms with E-state index in [0.717, 1.165) is 0 Å². The van der Waals surface area contributed by atoms with Gasteiger partial charge in [-0.2, -0.15) is 4.98 Å². The molecule has 0 radical (unpaired) electrons. The molecule has 3 heterocycles. The quantitative estimate of drug-likeness (QED) is 0.724. The molecule has 0 unspecified atom stereocenters. The van der Waals surface area contributed by atoms with E-state index in [4.69, 9.17) is 13.7 Å². The molecule has 0 saturated heterocycles. The monoisotopic (exact) mass is 343 g/mol. The predicted molar refractivity (Wildman–Crippen MR) is 84.6 cm³/mol. The van der Waals surface area contributed by atoms with Crippen LogP contribution < -0.4 is 9.64 Å². The van der Waals surface area contributed by atoms with Crippen molar-refractivity contribution >= 4 is 11.6 Å². The summed E-state index contributed by atoms with van der Waals surface area (Å²) in [7, 11) is 0. The van der Waals surface area contributed by atoms with Crippen LogP contribution in [0.4, 0.5) is 10.1 Å². The van der Waals surface area contributed by atoms with Crippen molar-refractivity contribution in [1.29, 1.82) is 0 Å². The molecule has 0 bridgehead atoms. The molecule has 3 aromatic rings. The van der Waals surface area contributed by atoms with E-state index in [1.807, 2.05) is 0 Å². The number of aryl methyl sites for hydroxylation is 1. The van der Waals surface area contributed by atoms with Crippen LogP contribution in [-0.4, -0.2) is 29.2 Å². The van der Waals surface area contributed by atoms with Crippen molar-refractivity contribution in [2.75, 3.05) is 18.1 Å². The average molecular weight is 343 g/mol. The molecule has 25 heavy (non-hydrogen) atoms. The van der Waals surface area contributed by atoms with Crippen molar-refractivity contribution in [2.24, 2.45) is 0 Å². The third-order valence-electron chi connectivity index (χ3n) is 3.89. The third kappa shape index (κ3) is 3.10. The number of carbonyl (C=O) groups is 1. The first kappa shape index (κ1) is 15.4. The molecule has 8 heteroatoms. The molecule has 0 spiro atoms. The molecule has 0 atom stereocenters. The first-order valence-corrected chi connectivity index (χ1v) is 7.78. The Kier molecular flexibility index (Phi) is 3.93. The van der Waals surface area contributed by atoms with Gasteiger partial charge in [-0.3, -0.25) is 4.79 Å². The molecule has 0 aliphatic carbocycles. The SMILES string of the molecule is O=C(CCc1nc(-c2ccoc2)no1)N1CCOc2ccc(F)cc21. The second kappa shape index (κ2) is 6.39. The van der Waals surface area contributed by atoms with Gasteiger partial charge in [-0.15, -0.1) is 0 Å². The fourth-order valence-corrected chi connectivity index (χ4v) is 2.66. The molecule has 1 aromatic carbocycles. The van der Waals surface area contributed by atoms with Gasteiger partial charge in [-0.25, -0.2) is 4.39 Å². The highest BCUT2D eigenvalue weighted by Gasteiger charge is 2.24. The van der Waals surface area contributed by atoms with E-state index >= 15 is 0 Å². The second-order valence-corrected chi connectivity index (χ2v) is 5.53. The predicted octanol–water partition coefficient (Wildman–Crippen LogP) is 2.83. The highest BCUT2D eigenvalue weighted by Crippen LogP contribution is 2.32. The van der Waals surface area contributed by atoms with Crippen LogP contribution in [0.1, 0.15) is 12.3 Å². The van der Waals surface area contributed by atoms with Gasteiger partial charge in [0.05, 0.1) is 24.1 Å². The summed E-state index contributed by atoms with van der Waals surface area (Å²) in [4.78, 5) is 18.3. The van der Waals surface area contributed by atoms with Gasteiger partial charge >= 0.3 is 0 Å². The first-order valence-electron chi connectivity index (χ1n) is 7.78. The Labute approximate surface area is 142 Å². The number of carbonyl (C=O) groups excluding carboxylic acids is 1. The number of amides is 1. The fraction of sp³-hybridized carbons (Fsp3) is 0.235. The van der Waals surface area contributed by atoms with Crippen molar-refractivity contribution in [3.05, 3.63) is 48.5 Å². The second-order valence-electron chi connectivity index (χ2n) is 5.53. The lowest BCUT2D eigenvalue weighted by Crippen LogP contribution is -2.38. The van der Waals surface area contributed by atoms with Gasteiger partial charge in [0, 0.05) is 18.9 Å². The van der Waals surface area contributed by atoms with Gasteiger partial charge < -0.3 is 18.6 Å². The average Bonchev–Trinajstić information content (AvgIpc) is 3.30. The van der Waals surface area contributed by atoms with Gasteiger partial charge in [0.1, 0.15) is 24.4 Å². The van der Waals surface area contributed by atoms with E-state index < -0.39 is 5.82 Å².